The van der Waals surface area contributed by atoms with Crippen molar-refractivity contribution in [3.05, 3.63) is 60.3 Å². The van der Waals surface area contributed by atoms with Crippen LogP contribution in [0.25, 0.3) is 11.1 Å². The largest absolute Gasteiger partial charge is 0.395 e. The van der Waals surface area contributed by atoms with Crippen LogP contribution in [-0.2, 0) is 4.79 Å². The first-order chi connectivity index (χ1) is 17.0. The fourth-order valence-corrected chi connectivity index (χ4v) is 2.53. The molecule has 0 saturated heterocycles. The van der Waals surface area contributed by atoms with E-state index in [4.69, 9.17) is 5.11 Å². The van der Waals surface area contributed by atoms with Gasteiger partial charge in [-0.3, -0.25) is 4.79 Å². The van der Waals surface area contributed by atoms with Gasteiger partial charge in [-0.05, 0) is 62.8 Å². The average molecular weight is 488 g/mol. The summed E-state index contributed by atoms with van der Waals surface area (Å²) in [5.41, 5.74) is 5.06. The molecule has 1 heterocycles. The molecule has 200 valence electrons. The molecule has 2 aromatic rings. The van der Waals surface area contributed by atoms with Gasteiger partial charge in [-0.25, -0.2) is 4.98 Å². The van der Waals surface area contributed by atoms with Gasteiger partial charge in [-0.15, -0.1) is 6.58 Å². The molecule has 0 unspecified atom stereocenters. The summed E-state index contributed by atoms with van der Waals surface area (Å²) in [6.07, 6.45) is 9.41. The first-order valence-electron chi connectivity index (χ1n) is 13.1. The standard InChI is InChI=1S/C17H20N2.C3H7NO2.C3H8.C3H6.2C2H6/c1-12-6-8-14(9-7-12)16-10-17(18-11-13(16)2)19-15-4-3-5-15;5-2-1-4-3-6;2*1-3-2;2*1-2/h6-11,15H,3-5H2,1-2H3,(H,18,19);3,5H,1-2H2,(H,4,6);3H2,1-2H3;3H,1H2,2H3;2*1-2H3. The number of aliphatic hydroxyl groups excluding tert-OH is 1. The minimum Gasteiger partial charge on any atom is -0.395 e. The third-order valence-electron chi connectivity index (χ3n) is 4.26. The molecule has 0 aliphatic heterocycles. The van der Waals surface area contributed by atoms with Gasteiger partial charge in [-0.1, -0.05) is 83.9 Å². The summed E-state index contributed by atoms with van der Waals surface area (Å²) >= 11 is 0. The van der Waals surface area contributed by atoms with Crippen molar-refractivity contribution in [1.82, 2.24) is 10.3 Å². The molecule has 0 spiro atoms. The normalized spacial score (nSPS) is 10.7. The number of hydrogen-bond acceptors (Lipinski definition) is 4. The van der Waals surface area contributed by atoms with Crippen molar-refractivity contribution in [3.8, 4) is 11.1 Å². The van der Waals surface area contributed by atoms with Crippen LogP contribution in [0.3, 0.4) is 0 Å². The number of aryl methyl sites for hydroxylation is 2. The highest BCUT2D eigenvalue weighted by molar-refractivity contribution is 5.70. The molecular weight excluding hydrogens is 434 g/mol. The zero-order chi connectivity index (χ0) is 27.5. The van der Waals surface area contributed by atoms with Crippen molar-refractivity contribution in [2.45, 2.75) is 94.0 Å². The smallest absolute Gasteiger partial charge is 0.207 e. The molecule has 35 heavy (non-hydrogen) atoms. The van der Waals surface area contributed by atoms with Gasteiger partial charge in [0, 0.05) is 18.8 Å². The molecule has 0 radical (unpaired) electrons. The molecule has 1 fully saturated rings. The van der Waals surface area contributed by atoms with Crippen LogP contribution in [0.5, 0.6) is 0 Å². The van der Waals surface area contributed by atoms with E-state index >= 15 is 0 Å². The lowest BCUT2D eigenvalue weighted by molar-refractivity contribution is -0.109. The molecule has 0 atom stereocenters. The zero-order valence-electron chi connectivity index (χ0n) is 23.9. The maximum atomic E-state index is 9.34. The lowest BCUT2D eigenvalue weighted by atomic mass is 9.93. The first-order valence-corrected chi connectivity index (χ1v) is 13.1. The van der Waals surface area contributed by atoms with Gasteiger partial charge in [0.2, 0.25) is 6.41 Å². The minimum atomic E-state index is 0.0126. The van der Waals surface area contributed by atoms with E-state index in [1.54, 1.807) is 6.08 Å². The Morgan fingerprint density at radius 2 is 1.60 bits per heavy atom. The maximum Gasteiger partial charge on any atom is 0.207 e. The summed E-state index contributed by atoms with van der Waals surface area (Å²) in [7, 11) is 0. The van der Waals surface area contributed by atoms with Gasteiger partial charge in [0.15, 0.2) is 0 Å². The average Bonchev–Trinajstić information content (AvgIpc) is 2.85. The van der Waals surface area contributed by atoms with Crippen LogP contribution in [-0.4, -0.2) is 35.7 Å². The number of rotatable bonds is 6. The van der Waals surface area contributed by atoms with Crippen LogP contribution < -0.4 is 10.6 Å². The van der Waals surface area contributed by atoms with Crippen molar-refractivity contribution in [3.63, 3.8) is 0 Å². The van der Waals surface area contributed by atoms with Crippen molar-refractivity contribution in [1.29, 1.82) is 0 Å². The van der Waals surface area contributed by atoms with Crippen LogP contribution >= 0.6 is 0 Å². The summed E-state index contributed by atoms with van der Waals surface area (Å²) in [4.78, 5) is 13.8. The molecule has 1 aliphatic rings. The molecule has 5 heteroatoms. The summed E-state index contributed by atoms with van der Waals surface area (Å²) in [6.45, 7) is 22.1. The number of carbonyl (C=O) groups excluding carboxylic acids is 1. The first kappa shape index (κ1) is 36.9. The molecule has 1 aromatic carbocycles. The van der Waals surface area contributed by atoms with Crippen LogP contribution in [0, 0.1) is 13.8 Å². The van der Waals surface area contributed by atoms with E-state index in [1.165, 1.54) is 47.9 Å². The van der Waals surface area contributed by atoms with E-state index in [1.807, 2.05) is 40.8 Å². The molecule has 5 nitrogen and oxygen atoms in total. The van der Waals surface area contributed by atoms with Crippen molar-refractivity contribution < 1.29 is 9.90 Å². The molecule has 1 saturated carbocycles. The highest BCUT2D eigenvalue weighted by Crippen LogP contribution is 2.28. The fourth-order valence-electron chi connectivity index (χ4n) is 2.53. The minimum absolute atomic E-state index is 0.0126. The van der Waals surface area contributed by atoms with E-state index in [2.05, 4.69) is 80.2 Å². The predicted molar refractivity (Wildman–Crippen MR) is 156 cm³/mol. The second-order valence-electron chi connectivity index (χ2n) is 7.43. The van der Waals surface area contributed by atoms with Gasteiger partial charge < -0.3 is 15.7 Å². The van der Waals surface area contributed by atoms with E-state index in [0.717, 1.165) is 5.82 Å². The summed E-state index contributed by atoms with van der Waals surface area (Å²) in [5, 5.41) is 13.8. The van der Waals surface area contributed by atoms with Crippen LogP contribution in [0.1, 0.15) is 85.3 Å². The van der Waals surface area contributed by atoms with Gasteiger partial charge in [0.25, 0.3) is 0 Å². The number of benzene rings is 1. The van der Waals surface area contributed by atoms with Crippen LogP contribution in [0.4, 0.5) is 5.82 Å². The molecular formula is C30H53N3O2. The molecule has 3 N–H and O–H groups in total. The summed E-state index contributed by atoms with van der Waals surface area (Å²) in [5.74, 6) is 1.01. The van der Waals surface area contributed by atoms with Crippen LogP contribution in [0.2, 0.25) is 0 Å². The van der Waals surface area contributed by atoms with E-state index in [9.17, 15) is 4.79 Å². The third-order valence-corrected chi connectivity index (χ3v) is 4.26. The Hall–Kier alpha value is -2.66. The number of aromatic nitrogens is 1. The number of allylic oxidation sites excluding steroid dienone is 1. The lowest BCUT2D eigenvalue weighted by Crippen LogP contribution is -2.27. The van der Waals surface area contributed by atoms with E-state index in [0.29, 0.717) is 19.0 Å². The predicted octanol–water partition coefficient (Wildman–Crippen LogP) is 7.72. The fraction of sp³-hybridized carbons (Fsp3) is 0.533. The SMILES string of the molecule is C=CC.CC.CC.CCC.Cc1ccc(-c2cc(NC3CCC3)ncc2C)cc1.O=CNCCO. The van der Waals surface area contributed by atoms with Crippen molar-refractivity contribution >= 4 is 12.2 Å². The third kappa shape index (κ3) is 19.3. The highest BCUT2D eigenvalue weighted by atomic mass is 16.3. The second kappa shape index (κ2) is 27.6. The quantitative estimate of drug-likeness (QED) is 0.221. The van der Waals surface area contributed by atoms with Gasteiger partial charge in [0.1, 0.15) is 5.82 Å². The Labute approximate surface area is 216 Å². The molecule has 1 aromatic heterocycles. The number of hydrogen-bond donors (Lipinski definition) is 3. The Balaban J connectivity index is -0.000000535. The molecule has 1 aliphatic carbocycles. The Morgan fingerprint density at radius 3 is 1.97 bits per heavy atom. The number of nitrogens with zero attached hydrogens (tertiary/aromatic N) is 1. The number of aliphatic hydroxyl groups is 1. The number of anilines is 1. The maximum absolute atomic E-state index is 9.34. The Bertz CT molecular complexity index is 727. The monoisotopic (exact) mass is 487 g/mol. The topological polar surface area (TPSA) is 74.2 Å². The molecule has 3 rings (SSSR count). The zero-order valence-corrected chi connectivity index (χ0v) is 23.9. The summed E-state index contributed by atoms with van der Waals surface area (Å²) < 4.78 is 0. The van der Waals surface area contributed by atoms with Gasteiger partial charge in [-0.2, -0.15) is 0 Å². The highest BCUT2D eigenvalue weighted by Gasteiger charge is 2.17. The Morgan fingerprint density at radius 1 is 1.09 bits per heavy atom. The summed E-state index contributed by atoms with van der Waals surface area (Å²) in [6, 6.07) is 11.5. The number of carbonyl (C=O) groups is 1. The second-order valence-corrected chi connectivity index (χ2v) is 7.43. The van der Waals surface area contributed by atoms with Gasteiger partial charge in [0.05, 0.1) is 6.61 Å². The van der Waals surface area contributed by atoms with Gasteiger partial charge >= 0.3 is 0 Å². The number of amides is 1. The number of nitrogens with one attached hydrogen (secondary N) is 2. The van der Waals surface area contributed by atoms with Crippen LogP contribution in [0.15, 0.2) is 49.2 Å². The molecule has 1 amide bonds. The Kier molecular flexibility index (Phi) is 29.1. The van der Waals surface area contributed by atoms with Crippen molar-refractivity contribution in [2.75, 3.05) is 18.5 Å². The number of pyridine rings is 1. The van der Waals surface area contributed by atoms with E-state index in [-0.39, 0.29) is 6.61 Å². The molecule has 0 bridgehead atoms. The van der Waals surface area contributed by atoms with Crippen molar-refractivity contribution in [2.24, 2.45) is 0 Å². The lowest BCUT2D eigenvalue weighted by Gasteiger charge is -2.27. The van der Waals surface area contributed by atoms with E-state index < -0.39 is 0 Å².